The minimum Gasteiger partial charge on any atom is -0.338 e. The minimum atomic E-state index is 0.163. The molecule has 1 amide bonds. The first kappa shape index (κ1) is 16.5. The lowest BCUT2D eigenvalue weighted by Gasteiger charge is -2.20. The van der Waals surface area contributed by atoms with Crippen LogP contribution in [0, 0.1) is 0 Å². The summed E-state index contributed by atoms with van der Waals surface area (Å²) in [6, 6.07) is 8.00. The molecule has 2 aromatic rings. The van der Waals surface area contributed by atoms with E-state index in [9.17, 15) is 4.79 Å². The van der Waals surface area contributed by atoms with E-state index in [-0.39, 0.29) is 5.91 Å². The molecule has 122 valence electrons. The molecule has 1 aromatic heterocycles. The summed E-state index contributed by atoms with van der Waals surface area (Å²) < 4.78 is 2.01. The van der Waals surface area contributed by atoms with Gasteiger partial charge in [0, 0.05) is 49.6 Å². The molecule has 0 atom stereocenters. The fraction of sp³-hybridized carbons (Fsp3) is 0.412. The highest BCUT2D eigenvalue weighted by Gasteiger charge is 2.17. The van der Waals surface area contributed by atoms with Crippen molar-refractivity contribution in [1.29, 1.82) is 0 Å². The zero-order valence-electron chi connectivity index (χ0n) is 13.3. The topological polar surface area (TPSA) is 38.1 Å². The average molecular weight is 348 g/mol. The largest absolute Gasteiger partial charge is 0.338 e. The Kier molecular flexibility index (Phi) is 5.67. The minimum absolute atomic E-state index is 0.163. The molecule has 0 N–H and O–H groups in total. The highest BCUT2D eigenvalue weighted by Crippen LogP contribution is 2.22. The number of amides is 1. The number of rotatable bonds is 4. The lowest BCUT2D eigenvalue weighted by atomic mass is 10.1. The summed E-state index contributed by atoms with van der Waals surface area (Å²) >= 11 is 3.63. The summed E-state index contributed by atoms with van der Waals surface area (Å²) in [5, 5.41) is 0.992. The smallest absolute Gasteiger partial charge is 0.253 e. The molecule has 6 heteroatoms. The van der Waals surface area contributed by atoms with Crippen LogP contribution in [0.5, 0.6) is 0 Å². The number of thioether (sulfide) groups is 2. The van der Waals surface area contributed by atoms with Crippen molar-refractivity contribution in [3.63, 3.8) is 0 Å². The molecule has 0 spiro atoms. The zero-order valence-corrected chi connectivity index (χ0v) is 14.9. The van der Waals surface area contributed by atoms with Crippen LogP contribution in [-0.4, -0.2) is 45.0 Å². The van der Waals surface area contributed by atoms with Crippen LogP contribution in [0.15, 0.2) is 41.8 Å². The number of benzene rings is 1. The van der Waals surface area contributed by atoms with Crippen molar-refractivity contribution in [2.45, 2.75) is 17.3 Å². The number of imidazole rings is 1. The number of carbonyl (C=O) groups excluding carboxylic acids is 1. The van der Waals surface area contributed by atoms with Crippen LogP contribution in [0.3, 0.4) is 0 Å². The second-order valence-corrected chi connectivity index (χ2v) is 7.74. The van der Waals surface area contributed by atoms with Gasteiger partial charge in [-0.25, -0.2) is 4.98 Å². The van der Waals surface area contributed by atoms with Crippen LogP contribution in [-0.2, 0) is 12.8 Å². The third-order valence-corrected chi connectivity index (χ3v) is 6.01. The van der Waals surface area contributed by atoms with E-state index in [0.29, 0.717) is 0 Å². The molecule has 3 rings (SSSR count). The van der Waals surface area contributed by atoms with Gasteiger partial charge in [0.1, 0.15) is 0 Å². The van der Waals surface area contributed by atoms with Gasteiger partial charge in [0.05, 0.1) is 0 Å². The van der Waals surface area contributed by atoms with Crippen LogP contribution in [0.4, 0.5) is 0 Å². The van der Waals surface area contributed by atoms with Crippen molar-refractivity contribution in [2.24, 2.45) is 7.05 Å². The normalized spacial score (nSPS) is 15.4. The zero-order chi connectivity index (χ0) is 16.1. The van der Waals surface area contributed by atoms with Crippen molar-refractivity contribution in [3.8, 4) is 0 Å². The van der Waals surface area contributed by atoms with Gasteiger partial charge in [-0.2, -0.15) is 11.8 Å². The monoisotopic (exact) mass is 347 g/mol. The predicted molar refractivity (Wildman–Crippen MR) is 97.1 cm³/mol. The van der Waals surface area contributed by atoms with Crippen LogP contribution < -0.4 is 0 Å². The Balaban J connectivity index is 1.66. The highest BCUT2D eigenvalue weighted by atomic mass is 32.2. The van der Waals surface area contributed by atoms with E-state index in [0.717, 1.165) is 53.1 Å². The molecule has 1 aromatic carbocycles. The fourth-order valence-electron chi connectivity index (χ4n) is 2.56. The lowest BCUT2D eigenvalue weighted by Crippen LogP contribution is -2.32. The maximum atomic E-state index is 12.7. The van der Waals surface area contributed by atoms with Crippen molar-refractivity contribution in [3.05, 3.63) is 47.8 Å². The maximum Gasteiger partial charge on any atom is 0.253 e. The van der Waals surface area contributed by atoms with Gasteiger partial charge in [-0.3, -0.25) is 4.79 Å². The quantitative estimate of drug-likeness (QED) is 0.796. The SMILES string of the molecule is Cn1ccnc1SCc1cccc(C(=O)N2CCCSCC2)c1. The third-order valence-electron chi connectivity index (χ3n) is 3.83. The number of aryl methyl sites for hydroxylation is 1. The Labute approximate surface area is 145 Å². The molecule has 0 saturated carbocycles. The highest BCUT2D eigenvalue weighted by molar-refractivity contribution is 7.99. The van der Waals surface area contributed by atoms with Gasteiger partial charge < -0.3 is 9.47 Å². The first-order valence-electron chi connectivity index (χ1n) is 7.80. The number of nitrogens with zero attached hydrogens (tertiary/aromatic N) is 3. The second kappa shape index (κ2) is 7.93. The maximum absolute atomic E-state index is 12.7. The Morgan fingerprint density at radius 3 is 3.09 bits per heavy atom. The molecule has 0 radical (unpaired) electrons. The summed E-state index contributed by atoms with van der Waals surface area (Å²) in [6.45, 7) is 1.73. The van der Waals surface area contributed by atoms with Crippen LogP contribution >= 0.6 is 23.5 Å². The fourth-order valence-corrected chi connectivity index (χ4v) is 4.33. The van der Waals surface area contributed by atoms with Gasteiger partial charge in [0.15, 0.2) is 5.16 Å². The molecule has 4 nitrogen and oxygen atoms in total. The van der Waals surface area contributed by atoms with Crippen molar-refractivity contribution < 1.29 is 4.79 Å². The third kappa shape index (κ3) is 4.32. The average Bonchev–Trinajstić information content (AvgIpc) is 2.82. The Morgan fingerprint density at radius 1 is 1.35 bits per heavy atom. The molecular weight excluding hydrogens is 326 g/mol. The van der Waals surface area contributed by atoms with Gasteiger partial charge in [-0.05, 0) is 29.9 Å². The molecule has 0 aliphatic carbocycles. The molecular formula is C17H21N3OS2. The van der Waals surface area contributed by atoms with Crippen molar-refractivity contribution >= 4 is 29.4 Å². The van der Waals surface area contributed by atoms with Crippen molar-refractivity contribution in [2.75, 3.05) is 24.6 Å². The lowest BCUT2D eigenvalue weighted by molar-refractivity contribution is 0.0768. The summed E-state index contributed by atoms with van der Waals surface area (Å²) in [4.78, 5) is 19.0. The standard InChI is InChI=1S/C17H21N3OS2/c1-19-8-6-18-17(19)23-13-14-4-2-5-15(12-14)16(21)20-7-3-10-22-11-9-20/h2,4-6,8,12H,3,7,9-11,13H2,1H3. The molecule has 0 bridgehead atoms. The van der Waals surface area contributed by atoms with Gasteiger partial charge in [-0.15, -0.1) is 0 Å². The van der Waals surface area contributed by atoms with Gasteiger partial charge >= 0.3 is 0 Å². The van der Waals surface area contributed by atoms with Gasteiger partial charge in [0.25, 0.3) is 5.91 Å². The molecule has 2 heterocycles. The van der Waals surface area contributed by atoms with E-state index in [1.807, 2.05) is 52.7 Å². The summed E-state index contributed by atoms with van der Waals surface area (Å²) in [7, 11) is 1.99. The molecule has 23 heavy (non-hydrogen) atoms. The van der Waals surface area contributed by atoms with Gasteiger partial charge in [-0.1, -0.05) is 23.9 Å². The van der Waals surface area contributed by atoms with E-state index in [1.165, 1.54) is 0 Å². The molecule has 0 unspecified atom stereocenters. The molecule has 1 aliphatic rings. The molecule has 1 aliphatic heterocycles. The Hall–Kier alpha value is -1.40. The number of hydrogen-bond donors (Lipinski definition) is 0. The first-order chi connectivity index (χ1) is 11.2. The van der Waals surface area contributed by atoms with E-state index in [4.69, 9.17) is 0 Å². The number of hydrogen-bond acceptors (Lipinski definition) is 4. The van der Waals surface area contributed by atoms with Crippen LogP contribution in [0.1, 0.15) is 22.3 Å². The van der Waals surface area contributed by atoms with Gasteiger partial charge in [0.2, 0.25) is 0 Å². The number of carbonyl (C=O) groups is 1. The number of aromatic nitrogens is 2. The first-order valence-corrected chi connectivity index (χ1v) is 9.94. The van der Waals surface area contributed by atoms with Crippen LogP contribution in [0.2, 0.25) is 0 Å². The predicted octanol–water partition coefficient (Wildman–Crippen LogP) is 3.29. The van der Waals surface area contributed by atoms with E-state index < -0.39 is 0 Å². The molecule has 1 saturated heterocycles. The Morgan fingerprint density at radius 2 is 2.26 bits per heavy atom. The van der Waals surface area contributed by atoms with E-state index in [2.05, 4.69) is 11.1 Å². The second-order valence-electron chi connectivity index (χ2n) is 5.57. The van der Waals surface area contributed by atoms with Crippen molar-refractivity contribution in [1.82, 2.24) is 14.5 Å². The summed E-state index contributed by atoms with van der Waals surface area (Å²) in [6.07, 6.45) is 4.84. The summed E-state index contributed by atoms with van der Waals surface area (Å²) in [5.41, 5.74) is 1.96. The summed E-state index contributed by atoms with van der Waals surface area (Å²) in [5.74, 6) is 3.18. The van der Waals surface area contributed by atoms with E-state index in [1.54, 1.807) is 18.0 Å². The Bertz CT molecular complexity index is 663. The van der Waals surface area contributed by atoms with E-state index >= 15 is 0 Å². The van der Waals surface area contributed by atoms with Crippen LogP contribution in [0.25, 0.3) is 0 Å². The molecule has 1 fully saturated rings.